The summed E-state index contributed by atoms with van der Waals surface area (Å²) in [5, 5.41) is 4.50. The molecule has 4 nitrogen and oxygen atoms in total. The van der Waals surface area contributed by atoms with Gasteiger partial charge in [0.15, 0.2) is 5.11 Å². The van der Waals surface area contributed by atoms with Crippen LogP contribution in [0, 0.1) is 0 Å². The van der Waals surface area contributed by atoms with Crippen LogP contribution >= 0.6 is 12.2 Å². The first-order chi connectivity index (χ1) is 10.2. The molecule has 1 aromatic rings. The minimum Gasteiger partial charge on any atom is -0.546 e. The van der Waals surface area contributed by atoms with Gasteiger partial charge < -0.3 is 10.2 Å². The largest absolute Gasteiger partial charge is 0.546 e. The molecule has 0 aliphatic carbocycles. The van der Waals surface area contributed by atoms with E-state index in [-0.39, 0.29) is 10.5 Å². The van der Waals surface area contributed by atoms with Gasteiger partial charge in [-0.15, -0.1) is 0 Å². The Labute approximate surface area is 140 Å². The molecule has 122 valence electrons. The Balaban J connectivity index is 3.45. The van der Waals surface area contributed by atoms with Crippen LogP contribution in [0.4, 0.5) is 0 Å². The summed E-state index contributed by atoms with van der Waals surface area (Å²) in [5.74, 6) is 0.946. The van der Waals surface area contributed by atoms with Crippen molar-refractivity contribution in [1.29, 1.82) is 0 Å². The average molecular weight is 338 g/mol. The fourth-order valence-corrected chi connectivity index (χ4v) is 2.94. The summed E-state index contributed by atoms with van der Waals surface area (Å²) in [7, 11) is -1.24. The van der Waals surface area contributed by atoms with E-state index in [0.717, 1.165) is 23.4 Å². The zero-order chi connectivity index (χ0) is 16.9. The van der Waals surface area contributed by atoms with Crippen LogP contribution in [0.1, 0.15) is 45.2 Å². The summed E-state index contributed by atoms with van der Waals surface area (Å²) in [6.45, 7) is 13.0. The molecule has 0 unspecified atom stereocenters. The first kappa shape index (κ1) is 18.6. The molecule has 0 saturated carbocycles. The molecule has 0 aliphatic heterocycles. The number of hydrogen-bond acceptors (Lipinski definition) is 3. The van der Waals surface area contributed by atoms with Crippen LogP contribution in [0.25, 0.3) is 0 Å². The molecule has 3 N–H and O–H groups in total. The van der Waals surface area contributed by atoms with Crippen molar-refractivity contribution in [2.45, 2.75) is 52.6 Å². The maximum Gasteiger partial charge on any atom is 0.229 e. The molecule has 0 bridgehead atoms. The van der Waals surface area contributed by atoms with Gasteiger partial charge in [-0.1, -0.05) is 39.8 Å². The van der Waals surface area contributed by atoms with Crippen LogP contribution in [0.2, 0.25) is 13.1 Å². The number of nitrogens with two attached hydrogens (primary N) is 1. The standard InChI is InChI=1S/C16H27N3OSSi/c1-7-13(18-19-15(17)21)11-9-8-10-12(16(2,3)4)14(11)20-22(5)6/h8-10,22H,7H2,1-6H3,(H3,17,19,21). The molecule has 0 aromatic heterocycles. The van der Waals surface area contributed by atoms with E-state index in [2.05, 4.69) is 63.4 Å². The van der Waals surface area contributed by atoms with Crippen molar-refractivity contribution in [2.24, 2.45) is 10.8 Å². The third-order valence-corrected chi connectivity index (χ3v) is 3.92. The monoisotopic (exact) mass is 337 g/mol. The first-order valence-electron chi connectivity index (χ1n) is 7.59. The van der Waals surface area contributed by atoms with Crippen molar-refractivity contribution in [2.75, 3.05) is 0 Å². The molecule has 0 amide bonds. The molecular weight excluding hydrogens is 310 g/mol. The Morgan fingerprint density at radius 3 is 2.45 bits per heavy atom. The summed E-state index contributed by atoms with van der Waals surface area (Å²) in [4.78, 5) is 0. The Hall–Kier alpha value is -1.40. The van der Waals surface area contributed by atoms with Crippen LogP contribution in [0.3, 0.4) is 0 Å². The molecular formula is C16H27N3OSSi. The molecule has 6 heteroatoms. The fourth-order valence-electron chi connectivity index (χ4n) is 2.17. The maximum atomic E-state index is 6.26. The number of hydrazone groups is 1. The summed E-state index contributed by atoms with van der Waals surface area (Å²) < 4.78 is 6.26. The summed E-state index contributed by atoms with van der Waals surface area (Å²) in [6.07, 6.45) is 0.763. The third-order valence-electron chi connectivity index (χ3n) is 3.12. The second kappa shape index (κ2) is 7.74. The van der Waals surface area contributed by atoms with Crippen molar-refractivity contribution in [1.82, 2.24) is 5.43 Å². The van der Waals surface area contributed by atoms with Crippen LogP contribution in [-0.4, -0.2) is 19.9 Å². The molecule has 0 spiro atoms. The lowest BCUT2D eigenvalue weighted by atomic mass is 9.84. The molecule has 0 heterocycles. The Kier molecular flexibility index (Phi) is 6.56. The lowest BCUT2D eigenvalue weighted by molar-refractivity contribution is 0.519. The summed E-state index contributed by atoms with van der Waals surface area (Å²) >= 11 is 4.83. The smallest absolute Gasteiger partial charge is 0.229 e. The van der Waals surface area contributed by atoms with Gasteiger partial charge in [-0.2, -0.15) is 5.10 Å². The average Bonchev–Trinajstić information content (AvgIpc) is 2.38. The summed E-state index contributed by atoms with van der Waals surface area (Å²) in [6, 6.07) is 6.23. The number of hydrogen-bond donors (Lipinski definition) is 2. The topological polar surface area (TPSA) is 59.6 Å². The number of nitrogens with zero attached hydrogens (tertiary/aromatic N) is 1. The number of rotatable bonds is 5. The molecule has 0 radical (unpaired) electrons. The van der Waals surface area contributed by atoms with E-state index in [4.69, 9.17) is 22.4 Å². The normalized spacial score (nSPS) is 12.4. The lowest BCUT2D eigenvalue weighted by Crippen LogP contribution is -2.26. The minimum atomic E-state index is -1.24. The van der Waals surface area contributed by atoms with E-state index in [1.54, 1.807) is 0 Å². The molecule has 0 saturated heterocycles. The van der Waals surface area contributed by atoms with Gasteiger partial charge in [0.1, 0.15) is 5.75 Å². The highest BCUT2D eigenvalue weighted by Gasteiger charge is 2.23. The van der Waals surface area contributed by atoms with Crippen molar-refractivity contribution >= 4 is 32.1 Å². The van der Waals surface area contributed by atoms with E-state index in [9.17, 15) is 0 Å². The van der Waals surface area contributed by atoms with Gasteiger partial charge in [0.2, 0.25) is 9.04 Å². The lowest BCUT2D eigenvalue weighted by Gasteiger charge is -2.26. The highest BCUT2D eigenvalue weighted by Crippen LogP contribution is 2.35. The number of nitrogens with one attached hydrogen (secondary N) is 1. The van der Waals surface area contributed by atoms with E-state index in [1.165, 1.54) is 5.56 Å². The first-order valence-corrected chi connectivity index (χ1v) is 10.8. The SMILES string of the molecule is CCC(=NNC(N)=S)c1cccc(C(C)(C)C)c1O[SiH](C)C. The second-order valence-electron chi connectivity index (χ2n) is 6.49. The number of thiocarbonyl (C=S) groups is 1. The van der Waals surface area contributed by atoms with E-state index >= 15 is 0 Å². The predicted octanol–water partition coefficient (Wildman–Crippen LogP) is 3.29. The van der Waals surface area contributed by atoms with Gasteiger partial charge in [0.05, 0.1) is 5.71 Å². The number of benzene rings is 1. The van der Waals surface area contributed by atoms with E-state index in [1.807, 2.05) is 6.07 Å². The Morgan fingerprint density at radius 1 is 1.36 bits per heavy atom. The molecule has 0 aliphatic rings. The van der Waals surface area contributed by atoms with Gasteiger partial charge in [-0.3, -0.25) is 5.43 Å². The summed E-state index contributed by atoms with van der Waals surface area (Å²) in [5.41, 5.74) is 11.3. The molecule has 0 atom stereocenters. The highest BCUT2D eigenvalue weighted by molar-refractivity contribution is 7.80. The highest BCUT2D eigenvalue weighted by atomic mass is 32.1. The fraction of sp³-hybridized carbons (Fsp3) is 0.500. The van der Waals surface area contributed by atoms with Gasteiger partial charge in [0, 0.05) is 5.56 Å². The van der Waals surface area contributed by atoms with Gasteiger partial charge in [0.25, 0.3) is 0 Å². The van der Waals surface area contributed by atoms with Crippen LogP contribution < -0.4 is 15.6 Å². The van der Waals surface area contributed by atoms with E-state index in [0.29, 0.717) is 0 Å². The Morgan fingerprint density at radius 2 is 2.00 bits per heavy atom. The molecule has 0 fully saturated rings. The van der Waals surface area contributed by atoms with Crippen LogP contribution in [0.15, 0.2) is 23.3 Å². The third kappa shape index (κ3) is 5.10. The van der Waals surface area contributed by atoms with Crippen molar-refractivity contribution in [3.63, 3.8) is 0 Å². The minimum absolute atomic E-state index is 0.00405. The molecule has 1 aromatic carbocycles. The van der Waals surface area contributed by atoms with Gasteiger partial charge in [-0.25, -0.2) is 0 Å². The van der Waals surface area contributed by atoms with Gasteiger partial charge >= 0.3 is 0 Å². The Bertz CT molecular complexity index is 565. The molecule has 1 rings (SSSR count). The van der Waals surface area contributed by atoms with E-state index < -0.39 is 9.04 Å². The predicted molar refractivity (Wildman–Crippen MR) is 101 cm³/mol. The van der Waals surface area contributed by atoms with Crippen molar-refractivity contribution in [3.8, 4) is 5.75 Å². The quantitative estimate of drug-likeness (QED) is 0.375. The van der Waals surface area contributed by atoms with Gasteiger partial charge in [-0.05, 0) is 48.8 Å². The number of para-hydroxylation sites is 1. The van der Waals surface area contributed by atoms with Crippen molar-refractivity contribution in [3.05, 3.63) is 29.3 Å². The second-order valence-corrected chi connectivity index (χ2v) is 9.26. The zero-order valence-corrected chi connectivity index (χ0v) is 16.3. The van der Waals surface area contributed by atoms with Crippen LogP contribution in [0.5, 0.6) is 5.75 Å². The molecule has 22 heavy (non-hydrogen) atoms. The maximum absolute atomic E-state index is 6.26. The zero-order valence-electron chi connectivity index (χ0n) is 14.4. The van der Waals surface area contributed by atoms with Crippen LogP contribution in [-0.2, 0) is 5.41 Å². The van der Waals surface area contributed by atoms with Crippen molar-refractivity contribution < 1.29 is 4.43 Å².